The Bertz CT molecular complexity index is 334. The lowest BCUT2D eigenvalue weighted by molar-refractivity contribution is 0.0955. The summed E-state index contributed by atoms with van der Waals surface area (Å²) in [5, 5.41) is 2.77. The summed E-state index contributed by atoms with van der Waals surface area (Å²) in [7, 11) is 0. The third-order valence-corrected chi connectivity index (χ3v) is 2.08. The first-order chi connectivity index (χ1) is 7.13. The Labute approximate surface area is 90.7 Å². The minimum Gasteiger partial charge on any atom is -0.352 e. The Morgan fingerprint density at radius 1 is 1.53 bits per heavy atom. The molecule has 0 bridgehead atoms. The van der Waals surface area contributed by atoms with Gasteiger partial charge in [0.05, 0.1) is 0 Å². The van der Waals surface area contributed by atoms with Crippen molar-refractivity contribution in [2.45, 2.75) is 26.3 Å². The van der Waals surface area contributed by atoms with E-state index in [-0.39, 0.29) is 11.9 Å². The number of carbonyl (C=O) groups excluding carboxylic acids is 1. The topological polar surface area (TPSA) is 55.1 Å². The molecule has 1 atom stereocenters. The lowest BCUT2D eigenvalue weighted by Gasteiger charge is -2.07. The van der Waals surface area contributed by atoms with Crippen molar-refractivity contribution < 1.29 is 4.79 Å². The molecule has 3 N–H and O–H groups in total. The fourth-order valence-electron chi connectivity index (χ4n) is 1.47. The van der Waals surface area contributed by atoms with Gasteiger partial charge in [-0.2, -0.15) is 0 Å². The summed E-state index contributed by atoms with van der Waals surface area (Å²) in [6.45, 7) is 4.51. The first-order valence-electron chi connectivity index (χ1n) is 5.26. The highest BCUT2D eigenvalue weighted by molar-refractivity contribution is 5.94. The largest absolute Gasteiger partial charge is 0.352 e. The maximum atomic E-state index is 11.5. The summed E-state index contributed by atoms with van der Waals surface area (Å²) in [5.41, 5.74) is 7.52. The zero-order valence-electron chi connectivity index (χ0n) is 9.29. The fourth-order valence-corrected chi connectivity index (χ4v) is 1.47. The summed E-state index contributed by atoms with van der Waals surface area (Å²) in [6, 6.07) is 7.72. The standard InChI is InChI=1S/C12H18N2O/c1-3-14-12(15)11-6-4-5-10(8-11)7-9(2)13/h4-6,8-9H,3,7,13H2,1-2H3,(H,14,15)/t9-/m0/s1. The van der Waals surface area contributed by atoms with Crippen molar-refractivity contribution in [3.8, 4) is 0 Å². The van der Waals surface area contributed by atoms with E-state index in [1.54, 1.807) is 0 Å². The third-order valence-electron chi connectivity index (χ3n) is 2.08. The van der Waals surface area contributed by atoms with Crippen LogP contribution in [-0.4, -0.2) is 18.5 Å². The molecule has 0 aliphatic heterocycles. The van der Waals surface area contributed by atoms with Crippen LogP contribution in [0.5, 0.6) is 0 Å². The second kappa shape index (κ2) is 5.51. The molecule has 1 rings (SSSR count). The molecule has 0 saturated carbocycles. The number of nitrogens with two attached hydrogens (primary N) is 1. The van der Waals surface area contributed by atoms with Gasteiger partial charge in [-0.05, 0) is 38.0 Å². The molecule has 0 spiro atoms. The molecule has 0 aliphatic rings. The molecule has 15 heavy (non-hydrogen) atoms. The van der Waals surface area contributed by atoms with Crippen molar-refractivity contribution in [2.24, 2.45) is 5.73 Å². The van der Waals surface area contributed by atoms with Crippen molar-refractivity contribution in [1.82, 2.24) is 5.32 Å². The van der Waals surface area contributed by atoms with Crippen molar-refractivity contribution in [2.75, 3.05) is 6.54 Å². The zero-order chi connectivity index (χ0) is 11.3. The molecule has 3 heteroatoms. The molecule has 1 aromatic carbocycles. The smallest absolute Gasteiger partial charge is 0.251 e. The molecule has 1 aromatic rings. The first-order valence-corrected chi connectivity index (χ1v) is 5.26. The number of hydrogen-bond acceptors (Lipinski definition) is 2. The summed E-state index contributed by atoms with van der Waals surface area (Å²) >= 11 is 0. The van der Waals surface area contributed by atoms with Crippen LogP contribution in [0.25, 0.3) is 0 Å². The van der Waals surface area contributed by atoms with Gasteiger partial charge in [-0.1, -0.05) is 12.1 Å². The van der Waals surface area contributed by atoms with Crippen LogP contribution >= 0.6 is 0 Å². The molecule has 0 radical (unpaired) electrons. The van der Waals surface area contributed by atoms with Gasteiger partial charge < -0.3 is 11.1 Å². The third kappa shape index (κ3) is 3.72. The van der Waals surface area contributed by atoms with Crippen molar-refractivity contribution in [1.29, 1.82) is 0 Å². The van der Waals surface area contributed by atoms with Crippen molar-refractivity contribution in [3.05, 3.63) is 35.4 Å². The molecular weight excluding hydrogens is 188 g/mol. The van der Waals surface area contributed by atoms with E-state index in [1.165, 1.54) is 0 Å². The minimum absolute atomic E-state index is 0.0241. The van der Waals surface area contributed by atoms with E-state index >= 15 is 0 Å². The van der Waals surface area contributed by atoms with E-state index in [0.717, 1.165) is 12.0 Å². The molecule has 0 saturated heterocycles. The van der Waals surface area contributed by atoms with Crippen LogP contribution in [0, 0.1) is 0 Å². The second-order valence-electron chi connectivity index (χ2n) is 3.74. The second-order valence-corrected chi connectivity index (χ2v) is 3.74. The van der Waals surface area contributed by atoms with Gasteiger partial charge in [-0.15, -0.1) is 0 Å². The van der Waals surface area contributed by atoms with Gasteiger partial charge in [0.25, 0.3) is 5.91 Å². The highest BCUT2D eigenvalue weighted by atomic mass is 16.1. The maximum absolute atomic E-state index is 11.5. The van der Waals surface area contributed by atoms with Gasteiger partial charge >= 0.3 is 0 Å². The first kappa shape index (κ1) is 11.7. The van der Waals surface area contributed by atoms with Crippen LogP contribution in [-0.2, 0) is 6.42 Å². The molecule has 0 aromatic heterocycles. The number of hydrogen-bond donors (Lipinski definition) is 2. The van der Waals surface area contributed by atoms with Crippen molar-refractivity contribution in [3.63, 3.8) is 0 Å². The fraction of sp³-hybridized carbons (Fsp3) is 0.417. The molecular formula is C12H18N2O. The number of rotatable bonds is 4. The summed E-state index contributed by atoms with van der Waals surface area (Å²) in [6.07, 6.45) is 0.799. The molecule has 1 amide bonds. The van der Waals surface area contributed by atoms with Gasteiger partial charge in [-0.25, -0.2) is 0 Å². The lowest BCUT2D eigenvalue weighted by Crippen LogP contribution is -2.23. The monoisotopic (exact) mass is 206 g/mol. The summed E-state index contributed by atoms with van der Waals surface area (Å²) in [4.78, 5) is 11.5. The number of carbonyl (C=O) groups is 1. The molecule has 0 heterocycles. The van der Waals surface area contributed by atoms with E-state index in [2.05, 4.69) is 5.32 Å². The van der Waals surface area contributed by atoms with E-state index in [1.807, 2.05) is 38.1 Å². The van der Waals surface area contributed by atoms with Gasteiger partial charge in [0.2, 0.25) is 0 Å². The van der Waals surface area contributed by atoms with Gasteiger partial charge in [-0.3, -0.25) is 4.79 Å². The van der Waals surface area contributed by atoms with Gasteiger partial charge in [0.15, 0.2) is 0 Å². The lowest BCUT2D eigenvalue weighted by atomic mass is 10.0. The van der Waals surface area contributed by atoms with Crippen LogP contribution in [0.2, 0.25) is 0 Å². The highest BCUT2D eigenvalue weighted by Gasteiger charge is 2.05. The SMILES string of the molecule is CCNC(=O)c1cccc(C[C@H](C)N)c1. The minimum atomic E-state index is -0.0241. The van der Waals surface area contributed by atoms with E-state index in [4.69, 9.17) is 5.73 Å². The van der Waals surface area contributed by atoms with E-state index in [0.29, 0.717) is 12.1 Å². The average molecular weight is 206 g/mol. The number of benzene rings is 1. The molecule has 0 unspecified atom stereocenters. The Balaban J connectivity index is 2.78. The quantitative estimate of drug-likeness (QED) is 0.780. The number of amides is 1. The van der Waals surface area contributed by atoms with Gasteiger partial charge in [0.1, 0.15) is 0 Å². The van der Waals surface area contributed by atoms with Crippen LogP contribution in [0.1, 0.15) is 29.8 Å². The predicted molar refractivity (Wildman–Crippen MR) is 61.8 cm³/mol. The normalized spacial score (nSPS) is 12.2. The summed E-state index contributed by atoms with van der Waals surface area (Å²) in [5.74, 6) is -0.0241. The van der Waals surface area contributed by atoms with Crippen LogP contribution in [0.15, 0.2) is 24.3 Å². The molecule has 82 valence electrons. The Kier molecular flexibility index (Phi) is 4.31. The average Bonchev–Trinajstić information content (AvgIpc) is 2.17. The summed E-state index contributed by atoms with van der Waals surface area (Å²) < 4.78 is 0. The van der Waals surface area contributed by atoms with E-state index < -0.39 is 0 Å². The zero-order valence-corrected chi connectivity index (χ0v) is 9.29. The van der Waals surface area contributed by atoms with Crippen molar-refractivity contribution >= 4 is 5.91 Å². The molecule has 3 nitrogen and oxygen atoms in total. The van der Waals surface area contributed by atoms with Crippen LogP contribution < -0.4 is 11.1 Å². The Morgan fingerprint density at radius 2 is 2.27 bits per heavy atom. The van der Waals surface area contributed by atoms with Gasteiger partial charge in [0, 0.05) is 18.2 Å². The maximum Gasteiger partial charge on any atom is 0.251 e. The van der Waals surface area contributed by atoms with E-state index in [9.17, 15) is 4.79 Å². The highest BCUT2D eigenvalue weighted by Crippen LogP contribution is 2.07. The predicted octanol–water partition coefficient (Wildman–Crippen LogP) is 1.33. The number of nitrogens with one attached hydrogen (secondary N) is 1. The van der Waals surface area contributed by atoms with Crippen LogP contribution in [0.4, 0.5) is 0 Å². The molecule has 0 fully saturated rings. The Hall–Kier alpha value is -1.35. The molecule has 0 aliphatic carbocycles. The van der Waals surface area contributed by atoms with Crippen LogP contribution in [0.3, 0.4) is 0 Å². The Morgan fingerprint density at radius 3 is 2.87 bits per heavy atom.